The van der Waals surface area contributed by atoms with Gasteiger partial charge in [-0.2, -0.15) is 0 Å². The number of nitrogens with zero attached hydrogens (tertiary/aromatic N) is 1. The van der Waals surface area contributed by atoms with Crippen LogP contribution >= 0.6 is 0 Å². The van der Waals surface area contributed by atoms with Crippen LogP contribution in [0.2, 0.25) is 0 Å². The molecule has 6 nitrogen and oxygen atoms in total. The highest BCUT2D eigenvalue weighted by molar-refractivity contribution is 5.97. The van der Waals surface area contributed by atoms with Crippen LogP contribution < -0.4 is 10.1 Å². The molecule has 1 amide bonds. The van der Waals surface area contributed by atoms with Crippen LogP contribution in [0.4, 0.5) is 0 Å². The quantitative estimate of drug-likeness (QED) is 0.861. The molecule has 2 N–H and O–H groups in total. The minimum absolute atomic E-state index is 0.0885. The molecule has 0 unspecified atom stereocenters. The van der Waals surface area contributed by atoms with Gasteiger partial charge in [0.25, 0.3) is 5.91 Å². The number of ether oxygens (including phenoxy) is 2. The fourth-order valence-corrected chi connectivity index (χ4v) is 3.70. The molecule has 1 aromatic rings. The number of morpholine rings is 1. The zero-order valence-electron chi connectivity index (χ0n) is 14.1. The number of carbonyl (C=O) groups excluding carboxylic acids is 1. The van der Waals surface area contributed by atoms with Gasteiger partial charge in [-0.3, -0.25) is 9.69 Å². The molecule has 24 heavy (non-hydrogen) atoms. The van der Waals surface area contributed by atoms with E-state index in [0.717, 1.165) is 32.4 Å². The van der Waals surface area contributed by atoms with E-state index in [0.29, 0.717) is 24.5 Å². The molecular formula is C18H26N2O4. The van der Waals surface area contributed by atoms with E-state index in [-0.39, 0.29) is 18.0 Å². The van der Waals surface area contributed by atoms with Gasteiger partial charge in [-0.15, -0.1) is 0 Å². The minimum atomic E-state index is -0.560. The third kappa shape index (κ3) is 3.71. The molecule has 3 atom stereocenters. The predicted octanol–water partition coefficient (Wildman–Crippen LogP) is 1.04. The molecule has 6 heteroatoms. The van der Waals surface area contributed by atoms with Crippen molar-refractivity contribution in [1.82, 2.24) is 10.2 Å². The first-order valence-corrected chi connectivity index (χ1v) is 8.64. The van der Waals surface area contributed by atoms with Gasteiger partial charge in [-0.25, -0.2) is 0 Å². The fraction of sp³-hybridized carbons (Fsp3) is 0.611. The van der Waals surface area contributed by atoms with Crippen molar-refractivity contribution in [2.45, 2.75) is 37.5 Å². The topological polar surface area (TPSA) is 71.0 Å². The van der Waals surface area contributed by atoms with Crippen LogP contribution in [0, 0.1) is 0 Å². The summed E-state index contributed by atoms with van der Waals surface area (Å²) in [6.45, 7) is 3.10. The van der Waals surface area contributed by atoms with Crippen LogP contribution in [-0.4, -0.2) is 67.5 Å². The highest BCUT2D eigenvalue weighted by Gasteiger charge is 2.37. The van der Waals surface area contributed by atoms with E-state index in [2.05, 4.69) is 10.2 Å². The fourth-order valence-electron chi connectivity index (χ4n) is 3.70. The lowest BCUT2D eigenvalue weighted by molar-refractivity contribution is -0.0459. The zero-order chi connectivity index (χ0) is 16.9. The SMILES string of the molecule is COc1ccccc1C(=O)N[C@@H]1CCC[C@@H](N2CCOCC2)[C@@H]1O. The first kappa shape index (κ1) is 17.2. The van der Waals surface area contributed by atoms with Gasteiger partial charge in [-0.05, 0) is 31.4 Å². The highest BCUT2D eigenvalue weighted by Crippen LogP contribution is 2.25. The maximum Gasteiger partial charge on any atom is 0.255 e. The summed E-state index contributed by atoms with van der Waals surface area (Å²) in [5.74, 6) is 0.351. The normalized spacial score (nSPS) is 28.3. The molecule has 0 radical (unpaired) electrons. The van der Waals surface area contributed by atoms with E-state index in [9.17, 15) is 9.90 Å². The lowest BCUT2D eigenvalue weighted by Crippen LogP contribution is -2.58. The first-order chi connectivity index (χ1) is 11.7. The van der Waals surface area contributed by atoms with Crippen LogP contribution in [0.1, 0.15) is 29.6 Å². The van der Waals surface area contributed by atoms with Crippen molar-refractivity contribution in [3.63, 3.8) is 0 Å². The molecule has 1 aliphatic carbocycles. The summed E-state index contributed by atoms with van der Waals surface area (Å²) >= 11 is 0. The molecule has 0 bridgehead atoms. The average Bonchev–Trinajstić information content (AvgIpc) is 2.64. The van der Waals surface area contributed by atoms with E-state index >= 15 is 0 Å². The zero-order valence-corrected chi connectivity index (χ0v) is 14.1. The molecular weight excluding hydrogens is 308 g/mol. The second-order valence-electron chi connectivity index (χ2n) is 6.42. The lowest BCUT2D eigenvalue weighted by Gasteiger charge is -2.43. The summed E-state index contributed by atoms with van der Waals surface area (Å²) in [6.07, 6.45) is 2.19. The van der Waals surface area contributed by atoms with Crippen molar-refractivity contribution in [3.05, 3.63) is 29.8 Å². The number of hydrogen-bond acceptors (Lipinski definition) is 5. The predicted molar refractivity (Wildman–Crippen MR) is 90.3 cm³/mol. The maximum atomic E-state index is 12.6. The summed E-state index contributed by atoms with van der Waals surface area (Å²) in [6, 6.07) is 7.01. The Kier molecular flexibility index (Phi) is 5.71. The molecule has 0 aromatic heterocycles. The second kappa shape index (κ2) is 7.96. The molecule has 3 rings (SSSR count). The summed E-state index contributed by atoms with van der Waals surface area (Å²) in [5.41, 5.74) is 0.501. The monoisotopic (exact) mass is 334 g/mol. The number of benzene rings is 1. The van der Waals surface area contributed by atoms with Gasteiger partial charge in [0, 0.05) is 19.1 Å². The molecule has 0 spiro atoms. The van der Waals surface area contributed by atoms with E-state index in [4.69, 9.17) is 9.47 Å². The largest absolute Gasteiger partial charge is 0.496 e. The molecule has 2 fully saturated rings. The standard InChI is InChI=1S/C18H26N2O4/c1-23-16-8-3-2-5-13(16)18(22)19-14-6-4-7-15(17(14)21)20-9-11-24-12-10-20/h2-3,5,8,14-15,17,21H,4,6-7,9-12H2,1H3,(H,19,22)/t14-,15-,17-/m1/s1. The van der Waals surface area contributed by atoms with E-state index in [1.54, 1.807) is 19.2 Å². The smallest absolute Gasteiger partial charge is 0.255 e. The number of methoxy groups -OCH3 is 1. The number of aliphatic hydroxyl groups excluding tert-OH is 1. The Labute approximate surface area is 142 Å². The third-order valence-electron chi connectivity index (χ3n) is 5.00. The van der Waals surface area contributed by atoms with Crippen molar-refractivity contribution < 1.29 is 19.4 Å². The van der Waals surface area contributed by atoms with Gasteiger partial charge in [-0.1, -0.05) is 12.1 Å². The van der Waals surface area contributed by atoms with Crippen molar-refractivity contribution in [3.8, 4) is 5.75 Å². The molecule has 1 aromatic carbocycles. The number of aliphatic hydroxyl groups is 1. The highest BCUT2D eigenvalue weighted by atomic mass is 16.5. The van der Waals surface area contributed by atoms with E-state index < -0.39 is 6.10 Å². The number of para-hydroxylation sites is 1. The van der Waals surface area contributed by atoms with Gasteiger partial charge in [0.2, 0.25) is 0 Å². The van der Waals surface area contributed by atoms with E-state index in [1.807, 2.05) is 12.1 Å². The molecule has 1 saturated heterocycles. The van der Waals surface area contributed by atoms with Gasteiger partial charge >= 0.3 is 0 Å². The molecule has 132 valence electrons. The summed E-state index contributed by atoms with van der Waals surface area (Å²) in [4.78, 5) is 14.9. The van der Waals surface area contributed by atoms with Gasteiger partial charge in [0.05, 0.1) is 38.0 Å². The molecule has 1 heterocycles. The number of hydrogen-bond donors (Lipinski definition) is 2. The van der Waals surface area contributed by atoms with Gasteiger partial charge < -0.3 is 19.9 Å². The number of nitrogens with one attached hydrogen (secondary N) is 1. The first-order valence-electron chi connectivity index (χ1n) is 8.64. The minimum Gasteiger partial charge on any atom is -0.496 e. The Balaban J connectivity index is 1.66. The van der Waals surface area contributed by atoms with Crippen LogP contribution in [-0.2, 0) is 4.74 Å². The Hall–Kier alpha value is -1.63. The second-order valence-corrected chi connectivity index (χ2v) is 6.42. The Morgan fingerprint density at radius 1 is 1.29 bits per heavy atom. The van der Waals surface area contributed by atoms with Crippen LogP contribution in [0.15, 0.2) is 24.3 Å². The Morgan fingerprint density at radius 2 is 2.04 bits per heavy atom. The molecule has 1 aliphatic heterocycles. The molecule has 2 aliphatic rings. The van der Waals surface area contributed by atoms with Crippen molar-refractivity contribution in [1.29, 1.82) is 0 Å². The third-order valence-corrected chi connectivity index (χ3v) is 5.00. The summed E-state index contributed by atoms with van der Waals surface area (Å²) in [7, 11) is 1.55. The van der Waals surface area contributed by atoms with E-state index in [1.165, 1.54) is 0 Å². The number of carbonyl (C=O) groups is 1. The average molecular weight is 334 g/mol. The summed E-state index contributed by atoms with van der Waals surface area (Å²) < 4.78 is 10.6. The van der Waals surface area contributed by atoms with Crippen LogP contribution in [0.25, 0.3) is 0 Å². The summed E-state index contributed by atoms with van der Waals surface area (Å²) in [5, 5.41) is 13.8. The van der Waals surface area contributed by atoms with Crippen molar-refractivity contribution in [2.24, 2.45) is 0 Å². The molecule has 1 saturated carbocycles. The Bertz CT molecular complexity index is 560. The number of amides is 1. The van der Waals surface area contributed by atoms with Crippen molar-refractivity contribution >= 4 is 5.91 Å². The van der Waals surface area contributed by atoms with Crippen molar-refractivity contribution in [2.75, 3.05) is 33.4 Å². The number of rotatable bonds is 4. The van der Waals surface area contributed by atoms with Crippen LogP contribution in [0.3, 0.4) is 0 Å². The van der Waals surface area contributed by atoms with Gasteiger partial charge in [0.1, 0.15) is 5.75 Å². The van der Waals surface area contributed by atoms with Gasteiger partial charge in [0.15, 0.2) is 0 Å². The lowest BCUT2D eigenvalue weighted by atomic mass is 9.86. The Morgan fingerprint density at radius 3 is 2.79 bits per heavy atom. The maximum absolute atomic E-state index is 12.6. The van der Waals surface area contributed by atoms with Crippen LogP contribution in [0.5, 0.6) is 5.75 Å².